The monoisotopic (exact) mass is 351 g/mol. The molecule has 3 aromatic rings. The van der Waals surface area contributed by atoms with Crippen LogP contribution in [0.25, 0.3) is 11.5 Å². The van der Waals surface area contributed by atoms with Crippen molar-refractivity contribution in [2.75, 3.05) is 0 Å². The lowest BCUT2D eigenvalue weighted by molar-refractivity contribution is 0.0460. The molecule has 0 saturated carbocycles. The molecule has 0 fully saturated rings. The largest absolute Gasteiger partial charge is 0.461 e. The van der Waals surface area contributed by atoms with Crippen LogP contribution in [0.3, 0.4) is 0 Å². The molecular formula is C16H11F2NO4S. The number of hydrogen-bond acceptors (Lipinski definition) is 6. The van der Waals surface area contributed by atoms with Gasteiger partial charge < -0.3 is 13.7 Å². The van der Waals surface area contributed by atoms with Crippen molar-refractivity contribution in [1.82, 2.24) is 5.16 Å². The van der Waals surface area contributed by atoms with Gasteiger partial charge in [0.1, 0.15) is 12.3 Å². The highest BCUT2D eigenvalue weighted by atomic mass is 32.2. The number of carbonyl (C=O) groups excluding carboxylic acids is 1. The van der Waals surface area contributed by atoms with Crippen molar-refractivity contribution in [3.05, 3.63) is 60.0 Å². The quantitative estimate of drug-likeness (QED) is 0.477. The average molecular weight is 351 g/mol. The van der Waals surface area contributed by atoms with Crippen LogP contribution in [0, 0.1) is 0 Å². The maximum Gasteiger partial charge on any atom is 0.339 e. The molecule has 0 aliphatic heterocycles. The van der Waals surface area contributed by atoms with E-state index in [0.29, 0.717) is 29.0 Å². The Labute approximate surface area is 139 Å². The third-order valence-electron chi connectivity index (χ3n) is 3.00. The topological polar surface area (TPSA) is 65.5 Å². The van der Waals surface area contributed by atoms with Gasteiger partial charge in [0.25, 0.3) is 5.76 Å². The van der Waals surface area contributed by atoms with Crippen LogP contribution < -0.4 is 0 Å². The molecule has 8 heteroatoms. The second-order valence-electron chi connectivity index (χ2n) is 4.61. The molecule has 0 atom stereocenters. The van der Waals surface area contributed by atoms with Crippen LogP contribution in [0.1, 0.15) is 16.1 Å². The number of ether oxygens (including phenoxy) is 1. The molecule has 0 unspecified atom stereocenters. The summed E-state index contributed by atoms with van der Waals surface area (Å²) in [5, 5.41) is 3.77. The molecule has 2 aromatic heterocycles. The number of nitrogens with zero attached hydrogens (tertiary/aromatic N) is 1. The van der Waals surface area contributed by atoms with Crippen molar-refractivity contribution in [2.45, 2.75) is 17.3 Å². The molecule has 5 nitrogen and oxygen atoms in total. The van der Waals surface area contributed by atoms with Gasteiger partial charge in [-0.25, -0.2) is 4.79 Å². The summed E-state index contributed by atoms with van der Waals surface area (Å²) in [5.41, 5.74) is 0.464. The first-order chi connectivity index (χ1) is 11.6. The smallest absolute Gasteiger partial charge is 0.339 e. The van der Waals surface area contributed by atoms with Crippen LogP contribution in [0.2, 0.25) is 0 Å². The average Bonchev–Trinajstić information content (AvgIpc) is 3.24. The Hall–Kier alpha value is -2.61. The van der Waals surface area contributed by atoms with Gasteiger partial charge in [0.05, 0.1) is 11.8 Å². The normalized spacial score (nSPS) is 11.0. The first-order valence-corrected chi connectivity index (χ1v) is 7.72. The van der Waals surface area contributed by atoms with Gasteiger partial charge in [-0.15, -0.1) is 0 Å². The fraction of sp³-hybridized carbons (Fsp3) is 0.125. The van der Waals surface area contributed by atoms with Crippen molar-refractivity contribution < 1.29 is 27.3 Å². The molecule has 0 radical (unpaired) electrons. The van der Waals surface area contributed by atoms with Crippen molar-refractivity contribution in [3.63, 3.8) is 0 Å². The number of carbonyl (C=O) groups is 1. The number of esters is 1. The van der Waals surface area contributed by atoms with E-state index in [1.54, 1.807) is 30.3 Å². The number of halogens is 2. The fourth-order valence-electron chi connectivity index (χ4n) is 1.97. The van der Waals surface area contributed by atoms with Crippen molar-refractivity contribution in [1.29, 1.82) is 0 Å². The van der Waals surface area contributed by atoms with E-state index in [-0.39, 0.29) is 17.1 Å². The molecule has 0 N–H and O–H groups in total. The van der Waals surface area contributed by atoms with E-state index in [4.69, 9.17) is 13.7 Å². The van der Waals surface area contributed by atoms with Gasteiger partial charge >= 0.3 is 5.97 Å². The lowest BCUT2D eigenvalue weighted by Crippen LogP contribution is -2.07. The second kappa shape index (κ2) is 7.31. The Morgan fingerprint density at radius 3 is 2.79 bits per heavy atom. The van der Waals surface area contributed by atoms with E-state index in [0.717, 1.165) is 0 Å². The minimum atomic E-state index is -2.62. The summed E-state index contributed by atoms with van der Waals surface area (Å²) >= 11 is 0.297. The number of aromatic nitrogens is 1. The summed E-state index contributed by atoms with van der Waals surface area (Å²) in [4.78, 5) is 12.3. The lowest BCUT2D eigenvalue weighted by atomic mass is 10.2. The van der Waals surface area contributed by atoms with Gasteiger partial charge in [-0.2, -0.15) is 8.78 Å². The first kappa shape index (κ1) is 16.3. The summed E-state index contributed by atoms with van der Waals surface area (Å²) < 4.78 is 40.4. The molecule has 1 aromatic carbocycles. The van der Waals surface area contributed by atoms with Gasteiger partial charge in [-0.1, -0.05) is 29.1 Å². The molecule has 0 aliphatic rings. The molecular weight excluding hydrogens is 340 g/mol. The number of rotatable bonds is 6. The predicted octanol–water partition coefficient (Wildman–Crippen LogP) is 4.61. The Bertz CT molecular complexity index is 817. The van der Waals surface area contributed by atoms with Crippen LogP contribution in [-0.4, -0.2) is 16.9 Å². The second-order valence-corrected chi connectivity index (χ2v) is 5.64. The lowest BCUT2D eigenvalue weighted by Gasteiger charge is -2.07. The maximum absolute atomic E-state index is 12.5. The van der Waals surface area contributed by atoms with Crippen molar-refractivity contribution in [3.8, 4) is 11.5 Å². The van der Waals surface area contributed by atoms with Gasteiger partial charge in [-0.05, 0) is 24.3 Å². The molecule has 0 aliphatic carbocycles. The Morgan fingerprint density at radius 1 is 1.21 bits per heavy atom. The van der Waals surface area contributed by atoms with Crippen molar-refractivity contribution >= 4 is 17.7 Å². The van der Waals surface area contributed by atoms with Gasteiger partial charge in [0.15, 0.2) is 5.76 Å². The van der Waals surface area contributed by atoms with E-state index in [9.17, 15) is 13.6 Å². The predicted molar refractivity (Wildman–Crippen MR) is 81.6 cm³/mol. The summed E-state index contributed by atoms with van der Waals surface area (Å²) in [6, 6.07) is 11.0. The molecule has 0 saturated heterocycles. The molecule has 24 heavy (non-hydrogen) atoms. The Kier molecular flexibility index (Phi) is 4.95. The minimum absolute atomic E-state index is 0.0811. The van der Waals surface area contributed by atoms with Gasteiger partial charge in [0.2, 0.25) is 5.76 Å². The highest BCUT2D eigenvalue weighted by Crippen LogP contribution is 2.29. The highest BCUT2D eigenvalue weighted by molar-refractivity contribution is 7.99. The SMILES string of the molecule is O=C(OCc1cc(-c2ccco2)on1)c1ccccc1SC(F)F. The van der Waals surface area contributed by atoms with E-state index >= 15 is 0 Å². The van der Waals surface area contributed by atoms with Crippen LogP contribution in [0.4, 0.5) is 8.78 Å². The minimum Gasteiger partial charge on any atom is -0.461 e. The van der Waals surface area contributed by atoms with Crippen LogP contribution >= 0.6 is 11.8 Å². The van der Waals surface area contributed by atoms with Crippen LogP contribution in [0.5, 0.6) is 0 Å². The molecule has 3 rings (SSSR count). The number of hydrogen-bond donors (Lipinski definition) is 0. The zero-order chi connectivity index (χ0) is 16.9. The summed E-state index contributed by atoms with van der Waals surface area (Å²) in [5.74, 6) is -2.43. The molecule has 2 heterocycles. The highest BCUT2D eigenvalue weighted by Gasteiger charge is 2.17. The molecule has 0 amide bonds. The zero-order valence-corrected chi connectivity index (χ0v) is 13.0. The zero-order valence-electron chi connectivity index (χ0n) is 12.1. The van der Waals surface area contributed by atoms with E-state index < -0.39 is 11.7 Å². The number of alkyl halides is 2. The van der Waals surface area contributed by atoms with E-state index in [2.05, 4.69) is 5.16 Å². The van der Waals surface area contributed by atoms with Crippen LogP contribution in [-0.2, 0) is 11.3 Å². The fourth-order valence-corrected chi connectivity index (χ4v) is 2.59. The third kappa shape index (κ3) is 3.83. The van der Waals surface area contributed by atoms with E-state index in [1.807, 2.05) is 0 Å². The maximum atomic E-state index is 12.5. The van der Waals surface area contributed by atoms with Crippen LogP contribution in [0.15, 0.2) is 62.6 Å². The molecule has 0 bridgehead atoms. The summed E-state index contributed by atoms with van der Waals surface area (Å²) in [6.45, 7) is -0.142. The standard InChI is InChI=1S/C16H11F2NO4S/c17-16(18)24-14-6-2-1-4-11(14)15(20)22-9-10-8-13(23-19-10)12-5-3-7-21-12/h1-8,16H,9H2. The van der Waals surface area contributed by atoms with Gasteiger partial charge in [-0.3, -0.25) is 0 Å². The Morgan fingerprint density at radius 2 is 2.04 bits per heavy atom. The van der Waals surface area contributed by atoms with Gasteiger partial charge in [0, 0.05) is 11.0 Å². The molecule has 124 valence electrons. The Balaban J connectivity index is 1.66. The number of furan rings is 1. The van der Waals surface area contributed by atoms with E-state index in [1.165, 1.54) is 18.4 Å². The number of benzene rings is 1. The summed E-state index contributed by atoms with van der Waals surface area (Å²) in [7, 11) is 0. The third-order valence-corrected chi connectivity index (χ3v) is 3.79. The molecule has 0 spiro atoms. The van der Waals surface area contributed by atoms with Crippen molar-refractivity contribution in [2.24, 2.45) is 0 Å². The number of thioether (sulfide) groups is 1. The summed E-state index contributed by atoms with van der Waals surface area (Å²) in [6.07, 6.45) is 1.50. The first-order valence-electron chi connectivity index (χ1n) is 6.84.